The zero-order valence-corrected chi connectivity index (χ0v) is 49.8. The van der Waals surface area contributed by atoms with Gasteiger partial charge < -0.3 is 78.1 Å². The number of carbonyl (C=O) groups is 11. The topological polar surface area (TPSA) is 383 Å². The Bertz CT molecular complexity index is 2410. The largest absolute Gasteiger partial charge is 0.508 e. The van der Waals surface area contributed by atoms with Crippen molar-refractivity contribution < 1.29 is 73.2 Å². The minimum atomic E-state index is -1.71. The number of fused-ring (bicyclic) bond motifs is 2. The van der Waals surface area contributed by atoms with Crippen molar-refractivity contribution in [1.29, 1.82) is 0 Å². The average molecular weight is 1180 g/mol. The van der Waals surface area contributed by atoms with Gasteiger partial charge in [0.1, 0.15) is 60.1 Å². The van der Waals surface area contributed by atoms with Crippen molar-refractivity contribution in [2.75, 3.05) is 39.5 Å². The number of aliphatic hydroxyl groups is 3. The molecule has 11 amide bonds. The molecule has 0 spiro atoms. The third-order valence-electron chi connectivity index (χ3n) is 15.9. The number of aliphatic hydroxyl groups excluding tert-OH is 3. The van der Waals surface area contributed by atoms with Crippen LogP contribution in [0.1, 0.15) is 144 Å². The highest BCUT2D eigenvalue weighted by molar-refractivity contribution is 5.99. The SMILES string of the molecule is CCCCCCCC1CC(=O)N[C@@H](CO)C(=O)N[C@@H](CO)C(=O)N2CCC[C@H]2C(=O)N[C@@H](CO)C(=O)N[C@H](Cc2ccc(O)cc2)C(=O)N[C@H](CC(C)C)C(=O)N[C@@H]([C@@H](C)CC)C(=O)N[C@@H]([C@@H](C)CC)C(=O)N2CCC[C@H]2C(=O)NCC(=O)N1. The van der Waals surface area contributed by atoms with Crippen LogP contribution in [-0.2, 0) is 59.2 Å². The fourth-order valence-corrected chi connectivity index (χ4v) is 10.6. The van der Waals surface area contributed by atoms with Crippen molar-refractivity contribution >= 4 is 65.0 Å². The van der Waals surface area contributed by atoms with Gasteiger partial charge in [-0.3, -0.25) is 52.7 Å². The number of benzene rings is 1. The maximum atomic E-state index is 14.6. The van der Waals surface area contributed by atoms with Gasteiger partial charge in [-0.15, -0.1) is 0 Å². The lowest BCUT2D eigenvalue weighted by Crippen LogP contribution is -2.62. The van der Waals surface area contributed by atoms with E-state index >= 15 is 0 Å². The van der Waals surface area contributed by atoms with E-state index in [1.165, 1.54) is 29.2 Å². The number of phenols is 1. The van der Waals surface area contributed by atoms with Gasteiger partial charge >= 0.3 is 0 Å². The van der Waals surface area contributed by atoms with Gasteiger partial charge in [0.2, 0.25) is 65.0 Å². The summed E-state index contributed by atoms with van der Waals surface area (Å²) in [6.07, 6.45) is 5.83. The number of hydrogen-bond acceptors (Lipinski definition) is 15. The third kappa shape index (κ3) is 20.7. The first-order valence-electron chi connectivity index (χ1n) is 29.9. The summed E-state index contributed by atoms with van der Waals surface area (Å²) in [5, 5.41) is 64.8. The molecule has 3 heterocycles. The highest BCUT2D eigenvalue weighted by atomic mass is 16.3. The molecule has 0 aliphatic carbocycles. The Labute approximate surface area is 492 Å². The summed E-state index contributed by atoms with van der Waals surface area (Å²) < 4.78 is 0. The molecule has 3 aliphatic rings. The van der Waals surface area contributed by atoms with E-state index in [1.807, 2.05) is 13.8 Å². The van der Waals surface area contributed by atoms with Gasteiger partial charge in [-0.25, -0.2) is 0 Å². The van der Waals surface area contributed by atoms with E-state index in [9.17, 15) is 73.2 Å². The van der Waals surface area contributed by atoms with Crippen molar-refractivity contribution in [3.63, 3.8) is 0 Å². The highest BCUT2D eigenvalue weighted by Crippen LogP contribution is 2.24. The van der Waals surface area contributed by atoms with Gasteiger partial charge in [0.15, 0.2) is 0 Å². The van der Waals surface area contributed by atoms with Gasteiger partial charge in [-0.05, 0) is 74.0 Å². The maximum absolute atomic E-state index is 14.6. The van der Waals surface area contributed by atoms with E-state index in [2.05, 4.69) is 54.8 Å². The molecule has 26 nitrogen and oxygen atoms in total. The lowest BCUT2D eigenvalue weighted by molar-refractivity contribution is -0.143. The van der Waals surface area contributed by atoms with Gasteiger partial charge in [-0.1, -0.05) is 106 Å². The Hall–Kier alpha value is -6.93. The Morgan fingerprint density at radius 1 is 0.512 bits per heavy atom. The average Bonchev–Trinajstić information content (AvgIpc) is 3.87. The quantitative estimate of drug-likeness (QED) is 0.0815. The van der Waals surface area contributed by atoms with Crippen molar-refractivity contribution in [2.45, 2.75) is 205 Å². The first-order valence-corrected chi connectivity index (χ1v) is 29.9. The molecule has 3 aliphatic heterocycles. The van der Waals surface area contributed by atoms with Crippen LogP contribution in [0.4, 0.5) is 0 Å². The summed E-state index contributed by atoms with van der Waals surface area (Å²) in [6, 6.07) is -7.64. The van der Waals surface area contributed by atoms with Crippen LogP contribution < -0.4 is 47.9 Å². The first-order chi connectivity index (χ1) is 40.0. The second-order valence-electron chi connectivity index (χ2n) is 22.9. The summed E-state index contributed by atoms with van der Waals surface area (Å²) >= 11 is 0. The molecule has 13 N–H and O–H groups in total. The molecule has 3 saturated heterocycles. The summed E-state index contributed by atoms with van der Waals surface area (Å²) in [6.45, 7) is 9.49. The standard InChI is InChI=1S/C58H93N11O15/c1-8-11-12-13-14-17-37-28-46(74)61-41(30-70)52(78)65-43(32-72)57(83)68-24-16-19-45(68)55(81)64-42(31-71)53(79)63-40(27-36-20-22-38(73)23-21-36)50(76)62-39(26-33(4)5)51(77)66-48(34(6)9-2)56(82)67-49(35(7)10-3)58(84)69-25-15-18-44(69)54(80)59-29-47(75)60-37/h20-23,33-35,37,39-45,48-49,70-73H,8-19,24-32H2,1-7H3,(H,59,80)(H,60,75)(H,61,74)(H,62,76)(H,63,79)(H,64,81)(H,65,78)(H,66,77)(H,67,82)/t34-,35-,37?,39+,40+,41-,42-,43-,44-,45-,48-,49-/m0/s1. The maximum Gasteiger partial charge on any atom is 0.248 e. The summed E-state index contributed by atoms with van der Waals surface area (Å²) in [5.41, 5.74) is 0.444. The van der Waals surface area contributed by atoms with E-state index in [1.54, 1.807) is 27.7 Å². The molecule has 1 aromatic carbocycles. The van der Waals surface area contributed by atoms with Crippen LogP contribution in [0.25, 0.3) is 0 Å². The number of amides is 11. The predicted molar refractivity (Wildman–Crippen MR) is 307 cm³/mol. The van der Waals surface area contributed by atoms with E-state index in [4.69, 9.17) is 0 Å². The number of unbranched alkanes of at least 4 members (excludes halogenated alkanes) is 4. The van der Waals surface area contributed by atoms with Crippen LogP contribution in [0.5, 0.6) is 5.75 Å². The zero-order chi connectivity index (χ0) is 62.2. The molecule has 0 radical (unpaired) electrons. The van der Waals surface area contributed by atoms with Crippen molar-refractivity contribution in [3.8, 4) is 5.75 Å². The fourth-order valence-electron chi connectivity index (χ4n) is 10.6. The highest BCUT2D eigenvalue weighted by Gasteiger charge is 2.43. The molecule has 26 heteroatoms. The molecule has 3 fully saturated rings. The van der Waals surface area contributed by atoms with E-state index < -0.39 is 164 Å². The van der Waals surface area contributed by atoms with Crippen LogP contribution in [0.2, 0.25) is 0 Å². The molecule has 4 rings (SSSR count). The summed E-state index contributed by atoms with van der Waals surface area (Å²) in [7, 11) is 0. The smallest absolute Gasteiger partial charge is 0.248 e. The normalized spacial score (nSPS) is 27.3. The van der Waals surface area contributed by atoms with Gasteiger partial charge in [0.25, 0.3) is 0 Å². The van der Waals surface area contributed by atoms with Crippen LogP contribution in [0.3, 0.4) is 0 Å². The molecule has 0 saturated carbocycles. The number of carbonyl (C=O) groups excluding carboxylic acids is 11. The van der Waals surface area contributed by atoms with Crippen LogP contribution in [0, 0.1) is 17.8 Å². The van der Waals surface area contributed by atoms with Gasteiger partial charge in [-0.2, -0.15) is 0 Å². The van der Waals surface area contributed by atoms with E-state index in [0.717, 1.165) is 30.6 Å². The number of aromatic hydroxyl groups is 1. The molecular weight excluding hydrogens is 1090 g/mol. The molecule has 0 aromatic heterocycles. The molecule has 12 atom stereocenters. The number of phenolic OH excluding ortho intramolecular Hbond substituents is 1. The Balaban J connectivity index is 1.74. The second kappa shape index (κ2) is 34.7. The van der Waals surface area contributed by atoms with Crippen LogP contribution in [-0.4, -0.2) is 195 Å². The number of hydrogen-bond donors (Lipinski definition) is 13. The lowest BCUT2D eigenvalue weighted by Gasteiger charge is -2.33. The third-order valence-corrected chi connectivity index (χ3v) is 15.9. The Morgan fingerprint density at radius 2 is 1.01 bits per heavy atom. The molecular formula is C58H93N11O15. The Morgan fingerprint density at radius 3 is 1.60 bits per heavy atom. The predicted octanol–water partition coefficient (Wildman–Crippen LogP) is -1.21. The lowest BCUT2D eigenvalue weighted by atomic mass is 9.93. The second-order valence-corrected chi connectivity index (χ2v) is 22.9. The van der Waals surface area contributed by atoms with E-state index in [0.29, 0.717) is 37.7 Å². The minimum absolute atomic E-state index is 0.0330. The van der Waals surface area contributed by atoms with Crippen LogP contribution >= 0.6 is 0 Å². The molecule has 1 unspecified atom stereocenters. The molecule has 84 heavy (non-hydrogen) atoms. The number of nitrogens with one attached hydrogen (secondary N) is 9. The molecule has 470 valence electrons. The fraction of sp³-hybridized carbons (Fsp3) is 0.707. The summed E-state index contributed by atoms with van der Waals surface area (Å²) in [5.74, 6) is -10.2. The Kier molecular flexibility index (Phi) is 28.8. The minimum Gasteiger partial charge on any atom is -0.508 e. The molecule has 0 bridgehead atoms. The first kappa shape index (κ1) is 69.6. The van der Waals surface area contributed by atoms with Crippen molar-refractivity contribution in [1.82, 2.24) is 57.7 Å². The van der Waals surface area contributed by atoms with Gasteiger partial charge in [0, 0.05) is 32.0 Å². The molecule has 1 aromatic rings. The van der Waals surface area contributed by atoms with Crippen molar-refractivity contribution in [3.05, 3.63) is 29.8 Å². The number of nitrogens with zero attached hydrogens (tertiary/aromatic N) is 2. The van der Waals surface area contributed by atoms with Crippen LogP contribution in [0.15, 0.2) is 24.3 Å². The summed E-state index contributed by atoms with van der Waals surface area (Å²) in [4.78, 5) is 157. The van der Waals surface area contributed by atoms with Crippen molar-refractivity contribution in [2.24, 2.45) is 17.8 Å². The zero-order valence-electron chi connectivity index (χ0n) is 49.8. The monoisotopic (exact) mass is 1180 g/mol. The van der Waals surface area contributed by atoms with Gasteiger partial charge in [0.05, 0.1) is 26.4 Å². The number of rotatable bonds is 17. The van der Waals surface area contributed by atoms with E-state index in [-0.39, 0.29) is 63.3 Å².